The Hall–Kier alpha value is -1.78. The molecule has 0 fully saturated rings. The Balaban J connectivity index is 1.90. The highest BCUT2D eigenvalue weighted by molar-refractivity contribution is 5.21. The van der Waals surface area contributed by atoms with Crippen LogP contribution in [0.4, 0.5) is 0 Å². The van der Waals surface area contributed by atoms with Gasteiger partial charge in [0.2, 0.25) is 0 Å². The number of H-pyrrole nitrogens is 1. The number of aliphatic hydroxyl groups excluding tert-OH is 2. The Morgan fingerprint density at radius 3 is 2.43 bits per heavy atom. The van der Waals surface area contributed by atoms with Crippen LogP contribution in [0.15, 0.2) is 48.7 Å². The molecule has 1 heterocycles. The lowest BCUT2D eigenvalue weighted by Gasteiger charge is -2.30. The Morgan fingerprint density at radius 1 is 1.00 bits per heavy atom. The molecule has 0 spiro atoms. The molecular formula is C17H23NO3. The highest BCUT2D eigenvalue weighted by Crippen LogP contribution is 2.31. The number of benzene rings is 1. The summed E-state index contributed by atoms with van der Waals surface area (Å²) in [5.74, 6) is 0.856. The van der Waals surface area contributed by atoms with Crippen molar-refractivity contribution in [2.75, 3.05) is 19.8 Å². The van der Waals surface area contributed by atoms with Crippen LogP contribution >= 0.6 is 0 Å². The van der Waals surface area contributed by atoms with Crippen molar-refractivity contribution < 1.29 is 14.9 Å². The Bertz CT molecular complexity index is 498. The average Bonchev–Trinajstić information content (AvgIpc) is 3.06. The molecule has 21 heavy (non-hydrogen) atoms. The number of rotatable bonds is 9. The van der Waals surface area contributed by atoms with Crippen LogP contribution in [0.25, 0.3) is 0 Å². The van der Waals surface area contributed by atoms with Gasteiger partial charge >= 0.3 is 0 Å². The van der Waals surface area contributed by atoms with Gasteiger partial charge in [0.05, 0.1) is 13.2 Å². The second-order valence-corrected chi connectivity index (χ2v) is 5.26. The molecule has 1 aromatic heterocycles. The summed E-state index contributed by atoms with van der Waals surface area (Å²) < 4.78 is 5.69. The lowest BCUT2D eigenvalue weighted by Crippen LogP contribution is -2.33. The molecule has 1 unspecified atom stereocenters. The van der Waals surface area contributed by atoms with Gasteiger partial charge in [-0.1, -0.05) is 18.2 Å². The maximum absolute atomic E-state index is 9.82. The Morgan fingerprint density at radius 2 is 1.81 bits per heavy atom. The van der Waals surface area contributed by atoms with Crippen LogP contribution in [0, 0.1) is 0 Å². The van der Waals surface area contributed by atoms with Crippen LogP contribution in [0.2, 0.25) is 0 Å². The molecule has 4 nitrogen and oxygen atoms in total. The Kier molecular flexibility index (Phi) is 5.84. The molecule has 0 amide bonds. The SMILES string of the molecule is OCCC(CO)(CCCOc1ccccc1)c1ccc[nH]1. The van der Waals surface area contributed by atoms with E-state index in [1.165, 1.54) is 0 Å². The smallest absolute Gasteiger partial charge is 0.119 e. The number of aromatic amines is 1. The maximum atomic E-state index is 9.82. The first kappa shape index (κ1) is 15.6. The van der Waals surface area contributed by atoms with Crippen molar-refractivity contribution >= 4 is 0 Å². The monoisotopic (exact) mass is 289 g/mol. The minimum absolute atomic E-state index is 0.0133. The second kappa shape index (κ2) is 7.86. The molecular weight excluding hydrogens is 266 g/mol. The van der Waals surface area contributed by atoms with E-state index in [0.717, 1.165) is 24.3 Å². The van der Waals surface area contributed by atoms with E-state index in [9.17, 15) is 10.2 Å². The van der Waals surface area contributed by atoms with Crippen molar-refractivity contribution in [1.29, 1.82) is 0 Å². The number of aliphatic hydroxyl groups is 2. The standard InChI is InChI=1S/C17H23NO3/c19-12-10-17(14-20,16-8-4-11-18-16)9-5-13-21-15-6-2-1-3-7-15/h1-4,6-8,11,18-20H,5,9-10,12-14H2. The predicted octanol–water partition coefficient (Wildman–Crippen LogP) is 2.49. The quantitative estimate of drug-likeness (QED) is 0.621. The van der Waals surface area contributed by atoms with Gasteiger partial charge < -0.3 is 19.9 Å². The highest BCUT2D eigenvalue weighted by atomic mass is 16.5. The lowest BCUT2D eigenvalue weighted by atomic mass is 9.78. The maximum Gasteiger partial charge on any atom is 0.119 e. The van der Waals surface area contributed by atoms with Crippen molar-refractivity contribution in [3.8, 4) is 5.75 Å². The summed E-state index contributed by atoms with van der Waals surface area (Å²) in [6.07, 6.45) is 3.96. The van der Waals surface area contributed by atoms with Crippen LogP contribution in [-0.2, 0) is 5.41 Å². The first-order valence-corrected chi connectivity index (χ1v) is 7.34. The van der Waals surface area contributed by atoms with E-state index in [1.807, 2.05) is 48.7 Å². The number of ether oxygens (including phenoxy) is 1. The van der Waals surface area contributed by atoms with Gasteiger partial charge in [-0.2, -0.15) is 0 Å². The van der Waals surface area contributed by atoms with Gasteiger partial charge in [-0.3, -0.25) is 0 Å². The topological polar surface area (TPSA) is 65.5 Å². The molecule has 2 aromatic rings. The summed E-state index contributed by atoms with van der Waals surface area (Å²) in [7, 11) is 0. The third-order valence-corrected chi connectivity index (χ3v) is 3.87. The molecule has 0 radical (unpaired) electrons. The van der Waals surface area contributed by atoms with E-state index >= 15 is 0 Å². The summed E-state index contributed by atoms with van der Waals surface area (Å²) in [5.41, 5.74) is 0.553. The van der Waals surface area contributed by atoms with E-state index in [0.29, 0.717) is 13.0 Å². The number of hydrogen-bond donors (Lipinski definition) is 3. The van der Waals surface area contributed by atoms with Crippen LogP contribution in [0.5, 0.6) is 5.75 Å². The molecule has 0 aliphatic rings. The number of hydrogen-bond acceptors (Lipinski definition) is 3. The van der Waals surface area contributed by atoms with Crippen molar-refractivity contribution in [3.63, 3.8) is 0 Å². The zero-order valence-corrected chi connectivity index (χ0v) is 12.2. The van der Waals surface area contributed by atoms with E-state index in [-0.39, 0.29) is 13.2 Å². The fourth-order valence-electron chi connectivity index (χ4n) is 2.63. The van der Waals surface area contributed by atoms with Crippen LogP contribution < -0.4 is 4.74 Å². The van der Waals surface area contributed by atoms with Crippen LogP contribution in [0.3, 0.4) is 0 Å². The van der Waals surface area contributed by atoms with Crippen molar-refractivity contribution in [1.82, 2.24) is 4.98 Å². The summed E-state index contributed by atoms with van der Waals surface area (Å²) in [6, 6.07) is 13.6. The molecule has 0 aliphatic heterocycles. The molecule has 1 atom stereocenters. The van der Waals surface area contributed by atoms with Crippen LogP contribution in [-0.4, -0.2) is 35.0 Å². The van der Waals surface area contributed by atoms with Gasteiger partial charge in [0.1, 0.15) is 5.75 Å². The second-order valence-electron chi connectivity index (χ2n) is 5.26. The molecule has 0 saturated carbocycles. The summed E-state index contributed by atoms with van der Waals surface area (Å²) in [6.45, 7) is 0.663. The minimum atomic E-state index is -0.418. The Labute approximate surface area is 125 Å². The first-order chi connectivity index (χ1) is 10.3. The lowest BCUT2D eigenvalue weighted by molar-refractivity contribution is 0.134. The average molecular weight is 289 g/mol. The molecule has 114 valence electrons. The molecule has 4 heteroatoms. The number of nitrogens with one attached hydrogen (secondary N) is 1. The molecule has 0 bridgehead atoms. The molecule has 2 rings (SSSR count). The summed E-state index contributed by atoms with van der Waals surface area (Å²) >= 11 is 0. The van der Waals surface area contributed by atoms with E-state index in [4.69, 9.17) is 4.74 Å². The van der Waals surface area contributed by atoms with Gasteiger partial charge in [0.25, 0.3) is 0 Å². The van der Waals surface area contributed by atoms with Gasteiger partial charge in [-0.25, -0.2) is 0 Å². The van der Waals surface area contributed by atoms with Gasteiger partial charge in [-0.15, -0.1) is 0 Å². The van der Waals surface area contributed by atoms with Gasteiger partial charge in [-0.05, 0) is 43.5 Å². The molecule has 0 saturated heterocycles. The zero-order valence-electron chi connectivity index (χ0n) is 12.2. The summed E-state index contributed by atoms with van der Waals surface area (Å²) in [4.78, 5) is 3.16. The predicted molar refractivity (Wildman–Crippen MR) is 82.4 cm³/mol. The summed E-state index contributed by atoms with van der Waals surface area (Å²) in [5, 5.41) is 19.1. The van der Waals surface area contributed by atoms with Crippen molar-refractivity contribution in [2.24, 2.45) is 0 Å². The molecule has 1 aromatic carbocycles. The fourth-order valence-corrected chi connectivity index (χ4v) is 2.63. The highest BCUT2D eigenvalue weighted by Gasteiger charge is 2.31. The zero-order chi connectivity index (χ0) is 15.0. The number of para-hydroxylation sites is 1. The van der Waals surface area contributed by atoms with Crippen molar-refractivity contribution in [2.45, 2.75) is 24.7 Å². The third-order valence-electron chi connectivity index (χ3n) is 3.87. The van der Waals surface area contributed by atoms with E-state index in [2.05, 4.69) is 4.98 Å². The molecule has 3 N–H and O–H groups in total. The normalized spacial score (nSPS) is 13.8. The van der Waals surface area contributed by atoms with E-state index in [1.54, 1.807) is 0 Å². The van der Waals surface area contributed by atoms with Gasteiger partial charge in [0, 0.05) is 23.9 Å². The largest absolute Gasteiger partial charge is 0.494 e. The van der Waals surface area contributed by atoms with E-state index < -0.39 is 5.41 Å². The van der Waals surface area contributed by atoms with Crippen LogP contribution in [0.1, 0.15) is 25.0 Å². The number of aromatic nitrogens is 1. The van der Waals surface area contributed by atoms with Gasteiger partial charge in [0.15, 0.2) is 0 Å². The third kappa shape index (κ3) is 4.09. The van der Waals surface area contributed by atoms with Crippen molar-refractivity contribution in [3.05, 3.63) is 54.4 Å². The first-order valence-electron chi connectivity index (χ1n) is 7.34. The minimum Gasteiger partial charge on any atom is -0.494 e. The fraction of sp³-hybridized carbons (Fsp3) is 0.412. The molecule has 0 aliphatic carbocycles.